The number of rotatable bonds is 7. The summed E-state index contributed by atoms with van der Waals surface area (Å²) < 4.78 is 0. The summed E-state index contributed by atoms with van der Waals surface area (Å²) in [6.07, 6.45) is 0.870. The van der Waals surface area contributed by atoms with Crippen molar-refractivity contribution in [2.45, 2.75) is 58.3 Å². The van der Waals surface area contributed by atoms with Crippen LogP contribution < -0.4 is 10.6 Å². The molecule has 3 unspecified atom stereocenters. The first-order valence-corrected chi connectivity index (χ1v) is 14.0. The zero-order valence-corrected chi connectivity index (χ0v) is 23.0. The molecule has 0 saturated carbocycles. The van der Waals surface area contributed by atoms with Crippen LogP contribution >= 0.6 is 0 Å². The van der Waals surface area contributed by atoms with Crippen LogP contribution in [0.25, 0.3) is 10.9 Å². The zero-order valence-electron chi connectivity index (χ0n) is 23.0. The topological polar surface area (TPSA) is 94.3 Å². The number of aromatic nitrogens is 1. The maximum absolute atomic E-state index is 14.0. The molecule has 3 N–H and O–H groups in total. The van der Waals surface area contributed by atoms with Crippen molar-refractivity contribution in [3.63, 3.8) is 0 Å². The predicted octanol–water partition coefficient (Wildman–Crippen LogP) is 4.79. The Morgan fingerprint density at radius 2 is 1.73 bits per heavy atom. The Kier molecular flexibility index (Phi) is 6.66. The third-order valence-corrected chi connectivity index (χ3v) is 8.08. The van der Waals surface area contributed by atoms with E-state index in [4.69, 9.17) is 0 Å². The lowest BCUT2D eigenvalue weighted by atomic mass is 9.89. The highest BCUT2D eigenvalue weighted by atomic mass is 16.2. The molecule has 7 heteroatoms. The minimum Gasteiger partial charge on any atom is -0.356 e. The molecule has 204 valence electrons. The van der Waals surface area contributed by atoms with Crippen molar-refractivity contribution in [3.8, 4) is 0 Å². The number of hydrogen-bond acceptors (Lipinski definition) is 3. The van der Waals surface area contributed by atoms with E-state index >= 15 is 0 Å². The second-order valence-electron chi connectivity index (χ2n) is 11.4. The molecule has 0 radical (unpaired) electrons. The van der Waals surface area contributed by atoms with Gasteiger partial charge in [0.05, 0.1) is 6.04 Å². The monoisotopic (exact) mass is 534 g/mol. The molecule has 1 aromatic heterocycles. The van der Waals surface area contributed by atoms with Gasteiger partial charge in [0.15, 0.2) is 0 Å². The number of nitrogens with one attached hydrogen (secondary N) is 3. The summed E-state index contributed by atoms with van der Waals surface area (Å²) in [6, 6.07) is 21.8. The summed E-state index contributed by atoms with van der Waals surface area (Å²) in [4.78, 5) is 46.3. The molecule has 6 rings (SSSR count). The van der Waals surface area contributed by atoms with Crippen molar-refractivity contribution >= 4 is 28.6 Å². The lowest BCUT2D eigenvalue weighted by molar-refractivity contribution is -0.132. The van der Waals surface area contributed by atoms with Gasteiger partial charge >= 0.3 is 0 Å². The van der Waals surface area contributed by atoms with Crippen molar-refractivity contribution in [2.24, 2.45) is 5.92 Å². The molecule has 40 heavy (non-hydrogen) atoms. The number of hydrogen-bond donors (Lipinski definition) is 3. The van der Waals surface area contributed by atoms with E-state index in [1.807, 2.05) is 87.5 Å². The van der Waals surface area contributed by atoms with Crippen LogP contribution in [0.4, 0.5) is 0 Å². The summed E-state index contributed by atoms with van der Waals surface area (Å²) in [7, 11) is 0. The molecule has 0 bridgehead atoms. The van der Waals surface area contributed by atoms with Gasteiger partial charge in [-0.25, -0.2) is 0 Å². The molecular formula is C33H34N4O3. The Hall–Kier alpha value is -4.39. The van der Waals surface area contributed by atoms with Gasteiger partial charge in [0.2, 0.25) is 11.8 Å². The summed E-state index contributed by atoms with van der Waals surface area (Å²) in [5, 5.41) is 7.09. The number of fused-ring (bicyclic) bond motifs is 7. The largest absolute Gasteiger partial charge is 0.356 e. The van der Waals surface area contributed by atoms with E-state index in [1.54, 1.807) is 4.90 Å². The maximum Gasteiger partial charge on any atom is 0.255 e. The molecule has 3 heterocycles. The number of carbonyl (C=O) groups excluding carboxylic acids is 3. The minimum absolute atomic E-state index is 0.158. The van der Waals surface area contributed by atoms with Crippen LogP contribution in [0.15, 0.2) is 72.8 Å². The quantitative estimate of drug-likeness (QED) is 0.318. The average molecular weight is 535 g/mol. The first kappa shape index (κ1) is 25.9. The Balaban J connectivity index is 1.30. The summed E-state index contributed by atoms with van der Waals surface area (Å²) in [5.74, 6) is -0.501. The molecule has 4 aromatic rings. The smallest absolute Gasteiger partial charge is 0.255 e. The molecule has 3 atom stereocenters. The van der Waals surface area contributed by atoms with E-state index in [0.717, 1.165) is 38.9 Å². The Morgan fingerprint density at radius 1 is 1.00 bits per heavy atom. The second kappa shape index (κ2) is 10.3. The Morgan fingerprint density at radius 3 is 2.50 bits per heavy atom. The highest BCUT2D eigenvalue weighted by molar-refractivity contribution is 6.04. The number of H-pyrrole nitrogens is 1. The van der Waals surface area contributed by atoms with Gasteiger partial charge in [0.1, 0.15) is 12.1 Å². The van der Waals surface area contributed by atoms with Gasteiger partial charge in [0.25, 0.3) is 5.91 Å². The number of aromatic amines is 1. The molecular weight excluding hydrogens is 500 g/mol. The fourth-order valence-electron chi connectivity index (χ4n) is 6.13. The first-order chi connectivity index (χ1) is 19.3. The van der Waals surface area contributed by atoms with Gasteiger partial charge in [0, 0.05) is 35.1 Å². The van der Waals surface area contributed by atoms with E-state index in [0.29, 0.717) is 24.9 Å². The van der Waals surface area contributed by atoms with Crippen LogP contribution in [0.5, 0.6) is 0 Å². The van der Waals surface area contributed by atoms with Crippen molar-refractivity contribution in [2.75, 3.05) is 0 Å². The standard InChI is InChI=1S/C33H34N4O3/c1-19(2)16-27(31(38)34-18-21-14-12-20(3)13-15-21)36-32(39)28-17-25-22-8-6-7-11-26(22)35-29(25)30-23-9-4-5-10-24(23)33(40)37(28)30/h4-15,19,27-28,30,35H,16-18H2,1-3H3,(H,34,38)(H,36,39). The molecule has 0 spiro atoms. The molecule has 0 saturated heterocycles. The SMILES string of the molecule is Cc1ccc(CNC(=O)C(CC(C)C)NC(=O)C2Cc3c([nH]c4ccccc34)C3c4ccccc4C(=O)N23)cc1. The number of carbonyl (C=O) groups is 3. The number of aryl methyl sites for hydroxylation is 1. The van der Waals surface area contributed by atoms with Crippen LogP contribution in [0.2, 0.25) is 0 Å². The van der Waals surface area contributed by atoms with Crippen molar-refractivity contribution < 1.29 is 14.4 Å². The molecule has 0 fully saturated rings. The normalized spacial score (nSPS) is 18.3. The second-order valence-corrected chi connectivity index (χ2v) is 11.4. The summed E-state index contributed by atoms with van der Waals surface area (Å²) in [5.41, 5.74) is 6.65. The van der Waals surface area contributed by atoms with Crippen LogP contribution in [0.3, 0.4) is 0 Å². The molecule has 3 amide bonds. The van der Waals surface area contributed by atoms with Crippen molar-refractivity contribution in [3.05, 3.63) is 106 Å². The minimum atomic E-state index is -0.740. The number of benzene rings is 3. The van der Waals surface area contributed by atoms with E-state index in [2.05, 4.69) is 21.7 Å². The van der Waals surface area contributed by atoms with Crippen LogP contribution in [-0.4, -0.2) is 39.7 Å². The molecule has 2 aliphatic rings. The first-order valence-electron chi connectivity index (χ1n) is 14.0. The number of nitrogens with zero attached hydrogens (tertiary/aromatic N) is 1. The molecule has 0 aliphatic carbocycles. The molecule has 7 nitrogen and oxygen atoms in total. The lowest BCUT2D eigenvalue weighted by Crippen LogP contribution is -2.56. The lowest BCUT2D eigenvalue weighted by Gasteiger charge is -2.37. The number of amides is 3. The summed E-state index contributed by atoms with van der Waals surface area (Å²) >= 11 is 0. The Bertz CT molecular complexity index is 1600. The van der Waals surface area contributed by atoms with E-state index in [-0.39, 0.29) is 29.7 Å². The van der Waals surface area contributed by atoms with Crippen LogP contribution in [-0.2, 0) is 22.6 Å². The highest BCUT2D eigenvalue weighted by Crippen LogP contribution is 2.46. The molecule has 2 aliphatic heterocycles. The fourth-order valence-corrected chi connectivity index (χ4v) is 6.13. The van der Waals surface area contributed by atoms with Gasteiger partial charge in [-0.3, -0.25) is 14.4 Å². The molecule has 3 aromatic carbocycles. The summed E-state index contributed by atoms with van der Waals surface area (Å²) in [6.45, 7) is 6.47. The van der Waals surface area contributed by atoms with Crippen LogP contribution in [0, 0.1) is 12.8 Å². The average Bonchev–Trinajstić information content (AvgIpc) is 3.47. The van der Waals surface area contributed by atoms with Gasteiger partial charge in [-0.1, -0.05) is 80.1 Å². The highest BCUT2D eigenvalue weighted by Gasteiger charge is 2.49. The van der Waals surface area contributed by atoms with Gasteiger partial charge in [-0.2, -0.15) is 0 Å². The van der Waals surface area contributed by atoms with Gasteiger partial charge in [-0.05, 0) is 48.1 Å². The fraction of sp³-hybridized carbons (Fsp3) is 0.303. The van der Waals surface area contributed by atoms with Crippen molar-refractivity contribution in [1.82, 2.24) is 20.5 Å². The third kappa shape index (κ3) is 4.55. The van der Waals surface area contributed by atoms with Gasteiger partial charge in [-0.15, -0.1) is 0 Å². The predicted molar refractivity (Wildman–Crippen MR) is 155 cm³/mol. The van der Waals surface area contributed by atoms with Crippen molar-refractivity contribution in [1.29, 1.82) is 0 Å². The Labute approximate surface area is 234 Å². The van der Waals surface area contributed by atoms with Gasteiger partial charge < -0.3 is 20.5 Å². The zero-order chi connectivity index (χ0) is 28.0. The maximum atomic E-state index is 14.0. The van der Waals surface area contributed by atoms with Crippen LogP contribution in [0.1, 0.15) is 64.6 Å². The van der Waals surface area contributed by atoms with E-state index < -0.39 is 12.1 Å². The number of para-hydroxylation sites is 1. The van der Waals surface area contributed by atoms with E-state index in [9.17, 15) is 14.4 Å². The third-order valence-electron chi connectivity index (χ3n) is 8.08. The van der Waals surface area contributed by atoms with E-state index in [1.165, 1.54) is 0 Å².